The van der Waals surface area contributed by atoms with Gasteiger partial charge in [0.15, 0.2) is 0 Å². The molecule has 1 heterocycles. The number of carbonyl (C=O) groups is 1. The van der Waals surface area contributed by atoms with E-state index in [1.54, 1.807) is 0 Å². The van der Waals surface area contributed by atoms with Gasteiger partial charge >= 0.3 is 5.97 Å². The van der Waals surface area contributed by atoms with Gasteiger partial charge < -0.3 is 4.74 Å². The highest BCUT2D eigenvalue weighted by Crippen LogP contribution is 2.25. The quantitative estimate of drug-likeness (QED) is 0.527. The highest BCUT2D eigenvalue weighted by molar-refractivity contribution is 5.77. The zero-order valence-corrected chi connectivity index (χ0v) is 7.78. The van der Waals surface area contributed by atoms with E-state index in [1.807, 2.05) is 38.2 Å². The Hall–Kier alpha value is -1.31. The van der Waals surface area contributed by atoms with Crippen LogP contribution >= 0.6 is 0 Å². The molecule has 0 spiro atoms. The third kappa shape index (κ3) is 1.44. The fraction of sp³-hybridized carbons (Fsp3) is 0.364. The highest BCUT2D eigenvalue weighted by atomic mass is 16.5. The van der Waals surface area contributed by atoms with Gasteiger partial charge in [-0.3, -0.25) is 4.79 Å². The van der Waals surface area contributed by atoms with Crippen LogP contribution in [0.25, 0.3) is 0 Å². The molecule has 0 aromatic rings. The first-order chi connectivity index (χ1) is 6.16. The standard InChI is InChI=1S/C11H12O2/c1-7-3-4-9-6-8(2)11(12)13-10(9)5-7/h3-6,8,10H,1-2H3. The van der Waals surface area contributed by atoms with Crippen LogP contribution in [0, 0.1) is 5.92 Å². The van der Waals surface area contributed by atoms with E-state index in [-0.39, 0.29) is 18.0 Å². The third-order valence-corrected chi connectivity index (χ3v) is 2.34. The number of fused-ring (bicyclic) bond motifs is 1. The van der Waals surface area contributed by atoms with Gasteiger partial charge in [-0.05, 0) is 25.5 Å². The normalized spacial score (nSPS) is 31.7. The van der Waals surface area contributed by atoms with Crippen molar-refractivity contribution in [1.82, 2.24) is 0 Å². The molecule has 1 aliphatic heterocycles. The number of hydrogen-bond donors (Lipinski definition) is 0. The first kappa shape index (κ1) is 8.30. The average molecular weight is 176 g/mol. The zero-order chi connectivity index (χ0) is 9.42. The number of ether oxygens (including phenoxy) is 1. The van der Waals surface area contributed by atoms with Gasteiger partial charge in [0.1, 0.15) is 6.10 Å². The molecular weight excluding hydrogens is 164 g/mol. The topological polar surface area (TPSA) is 26.3 Å². The number of carbonyl (C=O) groups excluding carboxylic acids is 1. The Labute approximate surface area is 77.6 Å². The minimum absolute atomic E-state index is 0.109. The van der Waals surface area contributed by atoms with Crippen LogP contribution in [0.5, 0.6) is 0 Å². The van der Waals surface area contributed by atoms with Crippen molar-refractivity contribution in [3.8, 4) is 0 Å². The third-order valence-electron chi connectivity index (χ3n) is 2.34. The molecule has 2 heteroatoms. The van der Waals surface area contributed by atoms with E-state index >= 15 is 0 Å². The van der Waals surface area contributed by atoms with E-state index < -0.39 is 0 Å². The molecule has 0 radical (unpaired) electrons. The summed E-state index contributed by atoms with van der Waals surface area (Å²) in [5, 5.41) is 0. The maximum atomic E-state index is 11.2. The predicted molar refractivity (Wildman–Crippen MR) is 50.0 cm³/mol. The number of esters is 1. The van der Waals surface area contributed by atoms with Crippen molar-refractivity contribution in [2.75, 3.05) is 0 Å². The van der Waals surface area contributed by atoms with E-state index in [9.17, 15) is 4.79 Å². The van der Waals surface area contributed by atoms with Gasteiger partial charge in [0.05, 0.1) is 5.92 Å². The van der Waals surface area contributed by atoms with E-state index in [4.69, 9.17) is 4.74 Å². The molecule has 2 rings (SSSR count). The second kappa shape index (κ2) is 2.87. The lowest BCUT2D eigenvalue weighted by Crippen LogP contribution is -2.28. The van der Waals surface area contributed by atoms with E-state index in [0.717, 1.165) is 11.1 Å². The molecule has 68 valence electrons. The Balaban J connectivity index is 2.34. The summed E-state index contributed by atoms with van der Waals surface area (Å²) in [4.78, 5) is 11.2. The van der Waals surface area contributed by atoms with Crippen LogP contribution in [0.4, 0.5) is 0 Å². The van der Waals surface area contributed by atoms with Crippen LogP contribution in [0.1, 0.15) is 13.8 Å². The van der Waals surface area contributed by atoms with Crippen molar-refractivity contribution in [3.05, 3.63) is 35.5 Å². The average Bonchev–Trinajstić information content (AvgIpc) is 2.08. The van der Waals surface area contributed by atoms with E-state index in [0.29, 0.717) is 0 Å². The lowest BCUT2D eigenvalue weighted by atomic mass is 9.94. The first-order valence-corrected chi connectivity index (χ1v) is 4.45. The molecule has 0 aromatic carbocycles. The van der Waals surface area contributed by atoms with Crippen molar-refractivity contribution in [2.45, 2.75) is 20.0 Å². The van der Waals surface area contributed by atoms with Gasteiger partial charge in [-0.25, -0.2) is 0 Å². The molecule has 0 bridgehead atoms. The molecular formula is C11H12O2. The monoisotopic (exact) mass is 176 g/mol. The number of hydrogen-bond acceptors (Lipinski definition) is 2. The number of rotatable bonds is 0. The van der Waals surface area contributed by atoms with Crippen molar-refractivity contribution in [2.24, 2.45) is 5.92 Å². The van der Waals surface area contributed by atoms with Crippen molar-refractivity contribution < 1.29 is 9.53 Å². The Morgan fingerprint density at radius 1 is 1.31 bits per heavy atom. The molecule has 0 saturated heterocycles. The van der Waals surface area contributed by atoms with E-state index in [2.05, 4.69) is 0 Å². The Bertz CT molecular complexity index is 334. The van der Waals surface area contributed by atoms with Crippen LogP contribution in [0.2, 0.25) is 0 Å². The molecule has 0 aromatic heterocycles. The summed E-state index contributed by atoms with van der Waals surface area (Å²) in [6, 6.07) is 0. The van der Waals surface area contributed by atoms with Gasteiger partial charge in [0.25, 0.3) is 0 Å². The summed E-state index contributed by atoms with van der Waals surface area (Å²) in [6.45, 7) is 3.85. The summed E-state index contributed by atoms with van der Waals surface area (Å²) in [5.74, 6) is -0.240. The Morgan fingerprint density at radius 3 is 2.85 bits per heavy atom. The minimum Gasteiger partial charge on any atom is -0.453 e. The van der Waals surface area contributed by atoms with Crippen molar-refractivity contribution in [1.29, 1.82) is 0 Å². The lowest BCUT2D eigenvalue weighted by molar-refractivity contribution is -0.149. The van der Waals surface area contributed by atoms with Crippen molar-refractivity contribution >= 4 is 5.97 Å². The van der Waals surface area contributed by atoms with Crippen LogP contribution in [0.3, 0.4) is 0 Å². The van der Waals surface area contributed by atoms with Gasteiger partial charge in [-0.1, -0.05) is 23.8 Å². The van der Waals surface area contributed by atoms with Crippen LogP contribution < -0.4 is 0 Å². The molecule has 2 nitrogen and oxygen atoms in total. The summed E-state index contributed by atoms with van der Waals surface area (Å²) in [6.07, 6.45) is 7.84. The van der Waals surface area contributed by atoms with E-state index in [1.165, 1.54) is 0 Å². The summed E-state index contributed by atoms with van der Waals surface area (Å²) >= 11 is 0. The zero-order valence-electron chi connectivity index (χ0n) is 7.78. The smallest absolute Gasteiger partial charge is 0.313 e. The van der Waals surface area contributed by atoms with Gasteiger partial charge in [0, 0.05) is 0 Å². The molecule has 0 amide bonds. The molecule has 0 saturated carbocycles. The van der Waals surface area contributed by atoms with Crippen molar-refractivity contribution in [3.63, 3.8) is 0 Å². The molecule has 13 heavy (non-hydrogen) atoms. The second-order valence-electron chi connectivity index (χ2n) is 3.56. The maximum absolute atomic E-state index is 11.2. The van der Waals surface area contributed by atoms with Gasteiger partial charge in [-0.2, -0.15) is 0 Å². The van der Waals surface area contributed by atoms with Crippen LogP contribution in [-0.4, -0.2) is 12.1 Å². The number of allylic oxidation sites excluding steroid dienone is 2. The maximum Gasteiger partial charge on any atom is 0.313 e. The lowest BCUT2D eigenvalue weighted by Gasteiger charge is -2.25. The fourth-order valence-electron chi connectivity index (χ4n) is 1.55. The second-order valence-corrected chi connectivity index (χ2v) is 3.56. The molecule has 1 aliphatic carbocycles. The first-order valence-electron chi connectivity index (χ1n) is 4.45. The SMILES string of the molecule is CC1=CC2OC(=O)C(C)C=C2C=C1. The summed E-state index contributed by atoms with van der Waals surface area (Å²) < 4.78 is 5.24. The Kier molecular flexibility index (Phi) is 1.83. The summed E-state index contributed by atoms with van der Waals surface area (Å²) in [5.41, 5.74) is 2.24. The predicted octanol–water partition coefficient (Wildman–Crippen LogP) is 1.99. The fourth-order valence-corrected chi connectivity index (χ4v) is 1.55. The molecule has 2 atom stereocenters. The molecule has 2 aliphatic rings. The molecule has 0 fully saturated rings. The molecule has 0 N–H and O–H groups in total. The minimum atomic E-state index is -0.145. The largest absolute Gasteiger partial charge is 0.453 e. The van der Waals surface area contributed by atoms with Gasteiger partial charge in [0.2, 0.25) is 0 Å². The molecule has 2 unspecified atom stereocenters. The van der Waals surface area contributed by atoms with Gasteiger partial charge in [-0.15, -0.1) is 0 Å². The van der Waals surface area contributed by atoms with Crippen LogP contribution in [-0.2, 0) is 9.53 Å². The van der Waals surface area contributed by atoms with Crippen LogP contribution in [0.15, 0.2) is 35.5 Å². The highest BCUT2D eigenvalue weighted by Gasteiger charge is 2.26. The Morgan fingerprint density at radius 2 is 2.08 bits per heavy atom. The summed E-state index contributed by atoms with van der Waals surface area (Å²) in [7, 11) is 0.